The standard InChI is InChI=1S/C25H28Cl2N6O4S/c1-5-32-23(21(10-14(2)3)29-24(35)18-9-7-16(26)11-19(18)27)30-31-25(32)38-13-22(34)28-20-12-17(33(36)37)8-6-15(20)4/h6-9,11-12,14,21H,5,10,13H2,1-4H3,(H,28,34)(H,29,35)/t21-/m0/s1. The minimum absolute atomic E-state index is 0.0157. The highest BCUT2D eigenvalue weighted by Gasteiger charge is 2.25. The number of nitrogens with zero attached hydrogens (tertiary/aromatic N) is 4. The van der Waals surface area contributed by atoms with Gasteiger partial charge in [0.2, 0.25) is 5.91 Å². The summed E-state index contributed by atoms with van der Waals surface area (Å²) in [5.74, 6) is 0.126. The van der Waals surface area contributed by atoms with Gasteiger partial charge in [0.25, 0.3) is 11.6 Å². The number of aromatic nitrogens is 3. The molecular weight excluding hydrogens is 551 g/mol. The monoisotopic (exact) mass is 578 g/mol. The molecule has 0 aliphatic rings. The van der Waals surface area contributed by atoms with E-state index in [9.17, 15) is 19.7 Å². The molecule has 3 aromatic rings. The Morgan fingerprint density at radius 3 is 2.53 bits per heavy atom. The average molecular weight is 580 g/mol. The maximum absolute atomic E-state index is 13.0. The van der Waals surface area contributed by atoms with Gasteiger partial charge < -0.3 is 15.2 Å². The molecule has 0 radical (unpaired) electrons. The van der Waals surface area contributed by atoms with Crippen LogP contribution in [-0.2, 0) is 11.3 Å². The third-order valence-electron chi connectivity index (χ3n) is 5.60. The molecule has 1 atom stereocenters. The van der Waals surface area contributed by atoms with E-state index >= 15 is 0 Å². The molecule has 202 valence electrons. The van der Waals surface area contributed by atoms with Gasteiger partial charge in [0, 0.05) is 23.7 Å². The van der Waals surface area contributed by atoms with E-state index in [0.29, 0.717) is 45.8 Å². The quantitative estimate of drug-likeness (QED) is 0.160. The fourth-order valence-electron chi connectivity index (χ4n) is 3.75. The molecule has 0 bridgehead atoms. The van der Waals surface area contributed by atoms with E-state index in [1.807, 2.05) is 25.3 Å². The molecule has 0 spiro atoms. The molecule has 0 saturated heterocycles. The molecule has 1 aromatic heterocycles. The van der Waals surface area contributed by atoms with Gasteiger partial charge in [0.05, 0.1) is 33.0 Å². The maximum atomic E-state index is 13.0. The lowest BCUT2D eigenvalue weighted by molar-refractivity contribution is -0.384. The minimum Gasteiger partial charge on any atom is -0.342 e. The number of rotatable bonds is 11. The first-order valence-corrected chi connectivity index (χ1v) is 13.6. The Morgan fingerprint density at radius 2 is 1.89 bits per heavy atom. The number of hydrogen-bond acceptors (Lipinski definition) is 7. The van der Waals surface area contributed by atoms with Crippen LogP contribution in [0.3, 0.4) is 0 Å². The molecule has 0 unspecified atom stereocenters. The molecule has 0 aliphatic heterocycles. The molecule has 3 rings (SSSR count). The van der Waals surface area contributed by atoms with E-state index < -0.39 is 11.0 Å². The number of thioether (sulfide) groups is 1. The number of benzene rings is 2. The second-order valence-corrected chi connectivity index (χ2v) is 10.7. The van der Waals surface area contributed by atoms with Crippen LogP contribution in [0.5, 0.6) is 0 Å². The largest absolute Gasteiger partial charge is 0.342 e. The molecule has 13 heteroatoms. The van der Waals surface area contributed by atoms with Crippen LogP contribution in [0.1, 0.15) is 55.0 Å². The highest BCUT2D eigenvalue weighted by atomic mass is 35.5. The van der Waals surface area contributed by atoms with Crippen LogP contribution >= 0.6 is 35.0 Å². The summed E-state index contributed by atoms with van der Waals surface area (Å²) in [7, 11) is 0. The first-order chi connectivity index (χ1) is 18.0. The van der Waals surface area contributed by atoms with Crippen LogP contribution in [0.15, 0.2) is 41.6 Å². The molecule has 0 fully saturated rings. The number of amides is 2. The molecule has 2 aromatic carbocycles. The van der Waals surface area contributed by atoms with Crippen molar-refractivity contribution >= 4 is 58.2 Å². The van der Waals surface area contributed by atoms with Gasteiger partial charge in [-0.05, 0) is 49.9 Å². The van der Waals surface area contributed by atoms with Crippen molar-refractivity contribution in [3.05, 3.63) is 73.5 Å². The third kappa shape index (κ3) is 7.46. The number of non-ortho nitro benzene ring substituents is 1. The fourth-order valence-corrected chi connectivity index (χ4v) is 5.05. The van der Waals surface area contributed by atoms with E-state index in [0.717, 1.165) is 0 Å². The molecule has 1 heterocycles. The molecule has 2 N–H and O–H groups in total. The average Bonchev–Trinajstić information content (AvgIpc) is 3.26. The van der Waals surface area contributed by atoms with E-state index in [1.54, 1.807) is 25.1 Å². The van der Waals surface area contributed by atoms with Crippen molar-refractivity contribution in [2.24, 2.45) is 5.92 Å². The Morgan fingerprint density at radius 1 is 1.16 bits per heavy atom. The summed E-state index contributed by atoms with van der Waals surface area (Å²) in [6, 6.07) is 8.54. The Hall–Kier alpha value is -3.15. The van der Waals surface area contributed by atoms with Gasteiger partial charge in [-0.2, -0.15) is 0 Å². The molecule has 38 heavy (non-hydrogen) atoms. The van der Waals surface area contributed by atoms with Crippen LogP contribution in [0.4, 0.5) is 11.4 Å². The molecule has 0 saturated carbocycles. The second-order valence-electron chi connectivity index (χ2n) is 8.96. The number of aryl methyl sites for hydroxylation is 1. The van der Waals surface area contributed by atoms with E-state index in [1.165, 1.54) is 30.0 Å². The van der Waals surface area contributed by atoms with Crippen LogP contribution in [0.2, 0.25) is 10.0 Å². The molecular formula is C25H28Cl2N6O4S. The van der Waals surface area contributed by atoms with Crippen LogP contribution in [0.25, 0.3) is 0 Å². The Labute approximate surface area is 234 Å². The van der Waals surface area contributed by atoms with Crippen LogP contribution < -0.4 is 10.6 Å². The van der Waals surface area contributed by atoms with Gasteiger partial charge in [-0.15, -0.1) is 10.2 Å². The number of nitro groups is 1. The zero-order chi connectivity index (χ0) is 28.0. The number of nitro benzene ring substituents is 1. The van der Waals surface area contributed by atoms with Gasteiger partial charge in [-0.25, -0.2) is 0 Å². The first kappa shape index (κ1) is 29.4. The number of carbonyl (C=O) groups is 2. The van der Waals surface area contributed by atoms with Crippen LogP contribution in [-0.4, -0.2) is 37.3 Å². The minimum atomic E-state index is -0.512. The highest BCUT2D eigenvalue weighted by Crippen LogP contribution is 2.27. The lowest BCUT2D eigenvalue weighted by Crippen LogP contribution is -2.32. The SMILES string of the molecule is CCn1c(SCC(=O)Nc2cc([N+](=O)[O-])ccc2C)nnc1[C@H](CC(C)C)NC(=O)c1ccc(Cl)cc1Cl. The lowest BCUT2D eigenvalue weighted by atomic mass is 10.0. The normalized spacial score (nSPS) is 11.9. The summed E-state index contributed by atoms with van der Waals surface area (Å²) >= 11 is 13.4. The highest BCUT2D eigenvalue weighted by molar-refractivity contribution is 7.99. The summed E-state index contributed by atoms with van der Waals surface area (Å²) in [6.07, 6.45) is 0.603. The lowest BCUT2D eigenvalue weighted by Gasteiger charge is -2.21. The maximum Gasteiger partial charge on any atom is 0.271 e. The van der Waals surface area contributed by atoms with Gasteiger partial charge in [-0.1, -0.05) is 54.9 Å². The Kier molecular flexibility index (Phi) is 10.1. The second kappa shape index (κ2) is 13.1. The topological polar surface area (TPSA) is 132 Å². The van der Waals surface area contributed by atoms with E-state index in [4.69, 9.17) is 23.2 Å². The van der Waals surface area contributed by atoms with Crippen molar-refractivity contribution in [3.63, 3.8) is 0 Å². The van der Waals surface area contributed by atoms with E-state index in [-0.39, 0.29) is 34.2 Å². The van der Waals surface area contributed by atoms with Crippen molar-refractivity contribution in [3.8, 4) is 0 Å². The summed E-state index contributed by atoms with van der Waals surface area (Å²) in [5.41, 5.74) is 1.28. The molecule has 0 aliphatic carbocycles. The Balaban J connectivity index is 1.76. The summed E-state index contributed by atoms with van der Waals surface area (Å²) in [5, 5.41) is 26.6. The fraction of sp³-hybridized carbons (Fsp3) is 0.360. The van der Waals surface area contributed by atoms with E-state index in [2.05, 4.69) is 20.8 Å². The van der Waals surface area contributed by atoms with Gasteiger partial charge in [0.15, 0.2) is 11.0 Å². The third-order valence-corrected chi connectivity index (χ3v) is 7.11. The smallest absolute Gasteiger partial charge is 0.271 e. The number of hydrogen-bond donors (Lipinski definition) is 2. The van der Waals surface area contributed by atoms with Crippen LogP contribution in [0, 0.1) is 23.0 Å². The number of anilines is 1. The van der Waals surface area contributed by atoms with Crippen molar-refractivity contribution in [1.29, 1.82) is 0 Å². The van der Waals surface area contributed by atoms with Crippen molar-refractivity contribution < 1.29 is 14.5 Å². The zero-order valence-electron chi connectivity index (χ0n) is 21.3. The zero-order valence-corrected chi connectivity index (χ0v) is 23.7. The Bertz CT molecular complexity index is 1350. The van der Waals surface area contributed by atoms with Crippen molar-refractivity contribution in [1.82, 2.24) is 20.1 Å². The molecule has 10 nitrogen and oxygen atoms in total. The molecule has 2 amide bonds. The van der Waals surface area contributed by atoms with Gasteiger partial charge in [-0.3, -0.25) is 19.7 Å². The van der Waals surface area contributed by atoms with Crippen molar-refractivity contribution in [2.75, 3.05) is 11.1 Å². The number of nitrogens with one attached hydrogen (secondary N) is 2. The predicted octanol–water partition coefficient (Wildman–Crippen LogP) is 6.07. The summed E-state index contributed by atoms with van der Waals surface area (Å²) < 4.78 is 1.85. The first-order valence-electron chi connectivity index (χ1n) is 11.9. The van der Waals surface area contributed by atoms with Gasteiger partial charge in [0.1, 0.15) is 0 Å². The number of carbonyl (C=O) groups excluding carboxylic acids is 2. The summed E-state index contributed by atoms with van der Waals surface area (Å²) in [4.78, 5) is 36.2. The predicted molar refractivity (Wildman–Crippen MR) is 149 cm³/mol. The number of halogens is 2. The van der Waals surface area contributed by atoms with Gasteiger partial charge >= 0.3 is 0 Å². The van der Waals surface area contributed by atoms with Crippen molar-refractivity contribution in [2.45, 2.75) is 51.9 Å². The summed E-state index contributed by atoms with van der Waals surface area (Å²) in [6.45, 7) is 8.27.